The highest BCUT2D eigenvalue weighted by Crippen LogP contribution is 2.31. The lowest BCUT2D eigenvalue weighted by molar-refractivity contribution is -0.384. The summed E-state index contributed by atoms with van der Waals surface area (Å²) in [5.41, 5.74) is 0.423. The Balaban J connectivity index is 2.27. The van der Waals surface area contributed by atoms with E-state index in [1.54, 1.807) is 25.3 Å². The second-order valence-electron chi connectivity index (χ2n) is 4.55. The van der Waals surface area contributed by atoms with Gasteiger partial charge < -0.3 is 5.32 Å². The quantitative estimate of drug-likeness (QED) is 0.677. The Kier molecular flexibility index (Phi) is 4.03. The Morgan fingerprint density at radius 2 is 2.30 bits per heavy atom. The lowest BCUT2D eigenvalue weighted by atomic mass is 10.3. The molecule has 0 aromatic carbocycles. The van der Waals surface area contributed by atoms with Gasteiger partial charge in [-0.1, -0.05) is 6.92 Å². The number of nitro groups is 1. The summed E-state index contributed by atoms with van der Waals surface area (Å²) in [6, 6.07) is -0.103. The second kappa shape index (κ2) is 5.58. The lowest BCUT2D eigenvalue weighted by Gasteiger charge is -2.12. The summed E-state index contributed by atoms with van der Waals surface area (Å²) in [7, 11) is 1.69. The molecule has 1 N–H and O–H groups in total. The third-order valence-corrected chi connectivity index (χ3v) is 4.34. The minimum absolute atomic E-state index is 0.0200. The van der Waals surface area contributed by atoms with Gasteiger partial charge in [-0.3, -0.25) is 10.1 Å². The number of nitrogens with zero attached hydrogens (tertiary/aromatic N) is 4. The topological polar surface area (TPSA) is 85.9 Å². The molecule has 1 atom stereocenters. The van der Waals surface area contributed by atoms with Crippen molar-refractivity contribution >= 4 is 22.8 Å². The Bertz CT molecular complexity index is 634. The standard InChI is InChI=1S/C12H17N5O2S/c1-5-9-6-13-12(20-9)8(3)14-11-10(17(18)19)7(2)15-16(11)4/h6,8,14H,5H2,1-4H3. The van der Waals surface area contributed by atoms with E-state index >= 15 is 0 Å². The molecular formula is C12H17N5O2S. The van der Waals surface area contributed by atoms with E-state index in [1.165, 1.54) is 9.56 Å². The minimum Gasteiger partial charge on any atom is -0.356 e. The molecule has 2 aromatic heterocycles. The van der Waals surface area contributed by atoms with Crippen LogP contribution in [0.5, 0.6) is 0 Å². The fraction of sp³-hybridized carbons (Fsp3) is 0.500. The zero-order chi connectivity index (χ0) is 14.9. The van der Waals surface area contributed by atoms with E-state index in [4.69, 9.17) is 0 Å². The van der Waals surface area contributed by atoms with Gasteiger partial charge in [0.25, 0.3) is 0 Å². The molecule has 0 aliphatic carbocycles. The van der Waals surface area contributed by atoms with Gasteiger partial charge in [-0.05, 0) is 20.3 Å². The Hall–Kier alpha value is -1.96. The molecule has 0 amide bonds. The van der Waals surface area contributed by atoms with Crippen LogP contribution in [0.4, 0.5) is 11.5 Å². The van der Waals surface area contributed by atoms with Crippen LogP contribution in [-0.2, 0) is 13.5 Å². The molecule has 2 aromatic rings. The number of nitrogens with one attached hydrogen (secondary N) is 1. The highest BCUT2D eigenvalue weighted by Gasteiger charge is 2.25. The Labute approximate surface area is 120 Å². The van der Waals surface area contributed by atoms with Crippen LogP contribution in [0, 0.1) is 17.0 Å². The second-order valence-corrected chi connectivity index (χ2v) is 5.69. The van der Waals surface area contributed by atoms with Gasteiger partial charge in [0, 0.05) is 18.1 Å². The summed E-state index contributed by atoms with van der Waals surface area (Å²) in [5.74, 6) is 0.410. The number of thiazole rings is 1. The van der Waals surface area contributed by atoms with E-state index in [-0.39, 0.29) is 11.7 Å². The summed E-state index contributed by atoms with van der Waals surface area (Å²) >= 11 is 1.61. The summed E-state index contributed by atoms with van der Waals surface area (Å²) < 4.78 is 1.50. The zero-order valence-corrected chi connectivity index (χ0v) is 12.7. The molecule has 108 valence electrons. The maximum absolute atomic E-state index is 11.1. The van der Waals surface area contributed by atoms with Crippen LogP contribution in [0.2, 0.25) is 0 Å². The molecule has 7 nitrogen and oxygen atoms in total. The molecular weight excluding hydrogens is 278 g/mol. The lowest BCUT2D eigenvalue weighted by Crippen LogP contribution is -2.11. The van der Waals surface area contributed by atoms with Crippen molar-refractivity contribution in [1.29, 1.82) is 0 Å². The van der Waals surface area contributed by atoms with Crippen molar-refractivity contribution in [1.82, 2.24) is 14.8 Å². The van der Waals surface area contributed by atoms with Crippen molar-refractivity contribution in [2.75, 3.05) is 5.32 Å². The summed E-state index contributed by atoms with van der Waals surface area (Å²) in [5, 5.41) is 19.3. The average molecular weight is 295 g/mol. The first-order valence-electron chi connectivity index (χ1n) is 6.33. The van der Waals surface area contributed by atoms with Crippen molar-refractivity contribution in [3.8, 4) is 0 Å². The third kappa shape index (κ3) is 2.64. The van der Waals surface area contributed by atoms with Crippen LogP contribution in [0.1, 0.15) is 35.5 Å². The van der Waals surface area contributed by atoms with E-state index in [0.29, 0.717) is 11.5 Å². The molecule has 1 unspecified atom stereocenters. The minimum atomic E-state index is -0.406. The van der Waals surface area contributed by atoms with Crippen molar-refractivity contribution in [2.45, 2.75) is 33.2 Å². The molecule has 0 bridgehead atoms. The number of aromatic nitrogens is 3. The number of rotatable bonds is 5. The predicted octanol–water partition coefficient (Wildman–Crippen LogP) is 2.83. The number of anilines is 1. The molecule has 0 aliphatic heterocycles. The summed E-state index contributed by atoms with van der Waals surface area (Å²) in [4.78, 5) is 16.3. The molecule has 2 rings (SSSR count). The van der Waals surface area contributed by atoms with Gasteiger partial charge in [0.05, 0.1) is 11.0 Å². The first-order valence-corrected chi connectivity index (χ1v) is 7.14. The number of aryl methyl sites for hydroxylation is 3. The predicted molar refractivity (Wildman–Crippen MR) is 78.1 cm³/mol. The largest absolute Gasteiger partial charge is 0.356 e. The van der Waals surface area contributed by atoms with E-state index in [2.05, 4.69) is 22.3 Å². The van der Waals surface area contributed by atoms with Crippen LogP contribution in [-0.4, -0.2) is 19.7 Å². The van der Waals surface area contributed by atoms with Crippen molar-refractivity contribution < 1.29 is 4.92 Å². The van der Waals surface area contributed by atoms with Gasteiger partial charge in [0.1, 0.15) is 10.7 Å². The molecule has 0 spiro atoms. The van der Waals surface area contributed by atoms with Crippen LogP contribution in [0.3, 0.4) is 0 Å². The van der Waals surface area contributed by atoms with Crippen LogP contribution in [0.15, 0.2) is 6.20 Å². The SMILES string of the molecule is CCc1cnc(C(C)Nc2c([N+](=O)[O-])c(C)nn2C)s1. The highest BCUT2D eigenvalue weighted by molar-refractivity contribution is 7.11. The molecule has 0 saturated carbocycles. The maximum Gasteiger partial charge on any atom is 0.333 e. The fourth-order valence-electron chi connectivity index (χ4n) is 1.98. The normalized spacial score (nSPS) is 12.4. The molecule has 0 radical (unpaired) electrons. The molecule has 2 heterocycles. The first-order chi connectivity index (χ1) is 9.43. The van der Waals surface area contributed by atoms with Crippen LogP contribution < -0.4 is 5.32 Å². The maximum atomic E-state index is 11.1. The van der Waals surface area contributed by atoms with E-state index < -0.39 is 4.92 Å². The van der Waals surface area contributed by atoms with Gasteiger partial charge >= 0.3 is 5.69 Å². The van der Waals surface area contributed by atoms with Gasteiger partial charge in [-0.15, -0.1) is 11.3 Å². The van der Waals surface area contributed by atoms with Crippen molar-refractivity contribution in [2.24, 2.45) is 7.05 Å². The molecule has 20 heavy (non-hydrogen) atoms. The molecule has 0 aliphatic rings. The van der Waals surface area contributed by atoms with E-state index in [9.17, 15) is 10.1 Å². The smallest absolute Gasteiger partial charge is 0.333 e. The Morgan fingerprint density at radius 3 is 2.85 bits per heavy atom. The Morgan fingerprint density at radius 1 is 1.60 bits per heavy atom. The number of hydrogen-bond acceptors (Lipinski definition) is 6. The van der Waals surface area contributed by atoms with E-state index in [0.717, 1.165) is 11.4 Å². The van der Waals surface area contributed by atoms with Gasteiger partial charge in [-0.2, -0.15) is 5.10 Å². The van der Waals surface area contributed by atoms with E-state index in [1.807, 2.05) is 13.1 Å². The van der Waals surface area contributed by atoms with Crippen molar-refractivity contribution in [3.63, 3.8) is 0 Å². The summed E-state index contributed by atoms with van der Waals surface area (Å²) in [6.45, 7) is 5.64. The van der Waals surface area contributed by atoms with Crippen LogP contribution in [0.25, 0.3) is 0 Å². The molecule has 0 fully saturated rings. The molecule has 0 saturated heterocycles. The third-order valence-electron chi connectivity index (χ3n) is 3.02. The van der Waals surface area contributed by atoms with Gasteiger partial charge in [0.2, 0.25) is 5.82 Å². The molecule has 8 heteroatoms. The highest BCUT2D eigenvalue weighted by atomic mass is 32.1. The monoisotopic (exact) mass is 295 g/mol. The van der Waals surface area contributed by atoms with Gasteiger partial charge in [-0.25, -0.2) is 9.67 Å². The average Bonchev–Trinajstić information content (AvgIpc) is 2.94. The first kappa shape index (κ1) is 14.4. The van der Waals surface area contributed by atoms with Crippen LogP contribution >= 0.6 is 11.3 Å². The summed E-state index contributed by atoms with van der Waals surface area (Å²) in [6.07, 6.45) is 2.79. The van der Waals surface area contributed by atoms with Crippen molar-refractivity contribution in [3.05, 3.63) is 31.9 Å². The fourth-order valence-corrected chi connectivity index (χ4v) is 2.84. The number of hydrogen-bond donors (Lipinski definition) is 1. The zero-order valence-electron chi connectivity index (χ0n) is 11.9. The van der Waals surface area contributed by atoms with Gasteiger partial charge in [0.15, 0.2) is 0 Å².